The maximum Gasteiger partial charge on any atom is 0.342 e. The number of hydrogen-bond acceptors (Lipinski definition) is 5. The van der Waals surface area contributed by atoms with Crippen LogP contribution in [0.25, 0.3) is 0 Å². The molecule has 0 saturated carbocycles. The van der Waals surface area contributed by atoms with Gasteiger partial charge in [-0.1, -0.05) is 22.9 Å². The molecule has 1 atom stereocenters. The van der Waals surface area contributed by atoms with Crippen molar-refractivity contribution in [3.8, 4) is 6.07 Å². The summed E-state index contributed by atoms with van der Waals surface area (Å²) in [7, 11) is 1.21. The second-order valence-corrected chi connectivity index (χ2v) is 4.81. The predicted molar refractivity (Wildman–Crippen MR) is 71.1 cm³/mol. The zero-order chi connectivity index (χ0) is 14.6. The molecule has 0 aromatic carbocycles. The lowest BCUT2D eigenvalue weighted by atomic mass is 10.1. The normalized spacial score (nSPS) is 11.5. The Hall–Kier alpha value is -1.81. The van der Waals surface area contributed by atoms with Gasteiger partial charge in [0.1, 0.15) is 23.0 Å². The molecule has 0 fully saturated rings. The van der Waals surface area contributed by atoms with Crippen LogP contribution in [0, 0.1) is 18.3 Å². The maximum absolute atomic E-state index is 11.7. The van der Waals surface area contributed by atoms with Crippen LogP contribution in [-0.2, 0) is 9.53 Å². The van der Waals surface area contributed by atoms with Gasteiger partial charge in [0.15, 0.2) is 0 Å². The highest BCUT2D eigenvalue weighted by atomic mass is 79.9. The van der Waals surface area contributed by atoms with E-state index in [1.165, 1.54) is 14.0 Å². The van der Waals surface area contributed by atoms with Crippen molar-refractivity contribution in [1.29, 1.82) is 5.26 Å². The molecule has 7 heteroatoms. The number of ether oxygens (including phenoxy) is 1. The lowest BCUT2D eigenvalue weighted by Crippen LogP contribution is -2.22. The molecule has 0 aliphatic carbocycles. The largest absolute Gasteiger partial charge is 0.465 e. The van der Waals surface area contributed by atoms with Crippen molar-refractivity contribution in [2.45, 2.75) is 25.1 Å². The van der Waals surface area contributed by atoms with E-state index in [0.717, 1.165) is 0 Å². The molecule has 1 heterocycles. The first-order valence-electron chi connectivity index (χ1n) is 5.52. The molecule has 1 amide bonds. The Bertz CT molecular complexity index is 545. The number of alkyl halides is 1. The number of carbonyl (C=O) groups is 2. The third-order valence-electron chi connectivity index (χ3n) is 2.47. The van der Waals surface area contributed by atoms with Crippen LogP contribution in [0.15, 0.2) is 4.42 Å². The SMILES string of the molecule is CCC(Br)C(=O)Nc1oc(C)c(C(=O)OC)c1C#N. The summed E-state index contributed by atoms with van der Waals surface area (Å²) in [5, 5.41) is 11.6. The minimum Gasteiger partial charge on any atom is -0.465 e. The summed E-state index contributed by atoms with van der Waals surface area (Å²) in [4.78, 5) is 22.9. The number of furan rings is 1. The number of amides is 1. The molecule has 0 aliphatic rings. The molecule has 1 N–H and O–H groups in total. The molecule has 19 heavy (non-hydrogen) atoms. The van der Waals surface area contributed by atoms with Gasteiger partial charge in [-0.15, -0.1) is 0 Å². The Morgan fingerprint density at radius 3 is 2.68 bits per heavy atom. The van der Waals surface area contributed by atoms with Gasteiger partial charge in [-0.3, -0.25) is 10.1 Å². The van der Waals surface area contributed by atoms with Crippen LogP contribution < -0.4 is 5.32 Å². The first kappa shape index (κ1) is 15.2. The molecular weight excluding hydrogens is 316 g/mol. The van der Waals surface area contributed by atoms with Gasteiger partial charge in [-0.25, -0.2) is 4.79 Å². The fraction of sp³-hybridized carbons (Fsp3) is 0.417. The molecule has 0 aliphatic heterocycles. The van der Waals surface area contributed by atoms with Crippen LogP contribution >= 0.6 is 15.9 Å². The summed E-state index contributed by atoms with van der Waals surface area (Å²) in [6, 6.07) is 1.84. The molecule has 1 aromatic heterocycles. The molecule has 102 valence electrons. The van der Waals surface area contributed by atoms with Gasteiger partial charge in [-0.2, -0.15) is 5.26 Å². The third-order valence-corrected chi connectivity index (χ3v) is 3.53. The Kier molecular flexibility index (Phi) is 5.12. The first-order valence-corrected chi connectivity index (χ1v) is 6.44. The topological polar surface area (TPSA) is 92.3 Å². The maximum atomic E-state index is 11.7. The fourth-order valence-electron chi connectivity index (χ4n) is 1.46. The fourth-order valence-corrected chi connectivity index (χ4v) is 1.58. The molecule has 0 saturated heterocycles. The van der Waals surface area contributed by atoms with Crippen molar-refractivity contribution in [3.63, 3.8) is 0 Å². The van der Waals surface area contributed by atoms with Gasteiger partial charge in [0, 0.05) is 0 Å². The lowest BCUT2D eigenvalue weighted by Gasteiger charge is -2.06. The van der Waals surface area contributed by atoms with E-state index in [2.05, 4.69) is 26.0 Å². The third kappa shape index (κ3) is 3.15. The molecule has 0 bridgehead atoms. The summed E-state index contributed by atoms with van der Waals surface area (Å²) >= 11 is 3.19. The average Bonchev–Trinajstić information content (AvgIpc) is 2.72. The van der Waals surface area contributed by atoms with Crippen LogP contribution in [0.4, 0.5) is 5.88 Å². The number of carbonyl (C=O) groups excluding carboxylic acids is 2. The average molecular weight is 329 g/mol. The molecular formula is C12H13BrN2O4. The van der Waals surface area contributed by atoms with Crippen LogP contribution in [0.2, 0.25) is 0 Å². The highest BCUT2D eigenvalue weighted by Gasteiger charge is 2.26. The number of nitrogens with one attached hydrogen (secondary N) is 1. The van der Waals surface area contributed by atoms with Crippen molar-refractivity contribution < 1.29 is 18.7 Å². The molecule has 0 radical (unpaired) electrons. The van der Waals surface area contributed by atoms with E-state index in [-0.39, 0.29) is 28.7 Å². The van der Waals surface area contributed by atoms with E-state index in [0.29, 0.717) is 6.42 Å². The minimum absolute atomic E-state index is 0.0305. The molecule has 0 spiro atoms. The second kappa shape index (κ2) is 6.38. The smallest absolute Gasteiger partial charge is 0.342 e. The van der Waals surface area contributed by atoms with Crippen LogP contribution in [0.5, 0.6) is 0 Å². The zero-order valence-corrected chi connectivity index (χ0v) is 12.3. The number of aryl methyl sites for hydroxylation is 1. The Labute approximate surface area is 118 Å². The van der Waals surface area contributed by atoms with Crippen molar-refractivity contribution in [2.75, 3.05) is 12.4 Å². The van der Waals surface area contributed by atoms with Gasteiger partial charge in [0.2, 0.25) is 11.8 Å². The summed E-state index contributed by atoms with van der Waals surface area (Å²) in [5.74, 6) is -0.835. The number of anilines is 1. The van der Waals surface area contributed by atoms with Crippen molar-refractivity contribution >= 4 is 33.7 Å². The van der Waals surface area contributed by atoms with E-state index < -0.39 is 10.8 Å². The second-order valence-electron chi connectivity index (χ2n) is 3.71. The lowest BCUT2D eigenvalue weighted by molar-refractivity contribution is -0.115. The summed E-state index contributed by atoms with van der Waals surface area (Å²) in [5.41, 5.74) is -0.00331. The number of rotatable bonds is 4. The number of hydrogen-bond donors (Lipinski definition) is 1. The quantitative estimate of drug-likeness (QED) is 0.676. The monoisotopic (exact) mass is 328 g/mol. The van der Waals surface area contributed by atoms with Gasteiger partial charge in [-0.05, 0) is 13.3 Å². The van der Waals surface area contributed by atoms with Crippen molar-refractivity contribution in [3.05, 3.63) is 16.9 Å². The van der Waals surface area contributed by atoms with Gasteiger partial charge in [0.25, 0.3) is 0 Å². The standard InChI is InChI=1S/C12H13BrN2O4/c1-4-8(13)10(16)15-11-7(5-14)9(6(2)19-11)12(17)18-3/h8H,4H2,1-3H3,(H,15,16). The Morgan fingerprint density at radius 1 is 1.58 bits per heavy atom. The molecule has 1 rings (SSSR count). The van der Waals surface area contributed by atoms with E-state index in [1.54, 1.807) is 0 Å². The van der Waals surface area contributed by atoms with Crippen LogP contribution in [0.1, 0.15) is 35.0 Å². The van der Waals surface area contributed by atoms with Gasteiger partial charge in [0.05, 0.1) is 11.9 Å². The molecule has 6 nitrogen and oxygen atoms in total. The van der Waals surface area contributed by atoms with Gasteiger partial charge < -0.3 is 9.15 Å². The number of esters is 1. The Morgan fingerprint density at radius 2 is 2.21 bits per heavy atom. The van der Waals surface area contributed by atoms with Crippen LogP contribution in [0.3, 0.4) is 0 Å². The summed E-state index contributed by atoms with van der Waals surface area (Å²) in [6.45, 7) is 3.35. The van der Waals surface area contributed by atoms with Crippen molar-refractivity contribution in [2.24, 2.45) is 0 Å². The van der Waals surface area contributed by atoms with E-state index in [1.807, 2.05) is 13.0 Å². The first-order chi connectivity index (χ1) is 8.96. The number of nitriles is 1. The van der Waals surface area contributed by atoms with Crippen LogP contribution in [-0.4, -0.2) is 23.8 Å². The number of halogens is 1. The van der Waals surface area contributed by atoms with Gasteiger partial charge >= 0.3 is 5.97 Å². The van der Waals surface area contributed by atoms with Crippen molar-refractivity contribution in [1.82, 2.24) is 0 Å². The molecule has 1 unspecified atom stereocenters. The number of nitrogens with zero attached hydrogens (tertiary/aromatic N) is 1. The Balaban J connectivity index is 3.14. The summed E-state index contributed by atoms with van der Waals surface area (Å²) in [6.07, 6.45) is 0.581. The zero-order valence-electron chi connectivity index (χ0n) is 10.7. The highest BCUT2D eigenvalue weighted by molar-refractivity contribution is 9.10. The number of methoxy groups -OCH3 is 1. The van der Waals surface area contributed by atoms with E-state index in [9.17, 15) is 9.59 Å². The highest BCUT2D eigenvalue weighted by Crippen LogP contribution is 2.27. The van der Waals surface area contributed by atoms with E-state index in [4.69, 9.17) is 9.68 Å². The van der Waals surface area contributed by atoms with E-state index >= 15 is 0 Å². The molecule has 1 aromatic rings. The predicted octanol–water partition coefficient (Wildman–Crippen LogP) is 2.36. The summed E-state index contributed by atoms with van der Waals surface area (Å²) < 4.78 is 9.82. The minimum atomic E-state index is -0.677.